The third kappa shape index (κ3) is 3.18. The summed E-state index contributed by atoms with van der Waals surface area (Å²) in [5.41, 5.74) is 3.18. The van der Waals surface area contributed by atoms with Gasteiger partial charge in [0, 0.05) is 11.8 Å². The molecule has 0 amide bonds. The van der Waals surface area contributed by atoms with Crippen molar-refractivity contribution in [2.75, 3.05) is 0 Å². The summed E-state index contributed by atoms with van der Waals surface area (Å²) in [5, 5.41) is 11.5. The van der Waals surface area contributed by atoms with Crippen molar-refractivity contribution in [1.82, 2.24) is 0 Å². The highest BCUT2D eigenvalue weighted by Gasteiger charge is 2.42. The van der Waals surface area contributed by atoms with Crippen LogP contribution in [0.1, 0.15) is 83.9 Å². The molecule has 0 spiro atoms. The molecule has 0 aliphatic heterocycles. The zero-order chi connectivity index (χ0) is 18.5. The number of hydrogen-bond donors (Lipinski definition) is 1. The molecular weight excluding hydrogens is 304 g/mol. The minimum atomic E-state index is -0.833. The predicted molar refractivity (Wildman–Crippen MR) is 106 cm³/mol. The Labute approximate surface area is 153 Å². The van der Waals surface area contributed by atoms with Gasteiger partial charge in [0.25, 0.3) is 0 Å². The smallest absolute Gasteiger partial charge is 0.0948 e. The molecule has 1 heteroatoms. The number of hydrogen-bond acceptors (Lipinski definition) is 1. The molecular formula is C24H32O. The van der Waals surface area contributed by atoms with Crippen LogP contribution in [0.5, 0.6) is 0 Å². The number of benzene rings is 1. The lowest BCUT2D eigenvalue weighted by molar-refractivity contribution is 0.00560. The van der Waals surface area contributed by atoms with Crippen molar-refractivity contribution >= 4 is 0 Å². The zero-order valence-corrected chi connectivity index (χ0v) is 16.7. The van der Waals surface area contributed by atoms with Crippen LogP contribution < -0.4 is 0 Å². The van der Waals surface area contributed by atoms with Crippen molar-refractivity contribution < 1.29 is 5.11 Å². The first-order valence-corrected chi connectivity index (χ1v) is 9.51. The lowest BCUT2D eigenvalue weighted by Crippen LogP contribution is -2.37. The third-order valence-electron chi connectivity index (χ3n) is 6.40. The van der Waals surface area contributed by atoms with E-state index in [0.717, 1.165) is 5.56 Å². The molecule has 2 aliphatic rings. The molecule has 134 valence electrons. The third-order valence-corrected chi connectivity index (χ3v) is 6.40. The Morgan fingerprint density at radius 3 is 2.24 bits per heavy atom. The molecule has 2 atom stereocenters. The van der Waals surface area contributed by atoms with E-state index in [9.17, 15) is 5.11 Å². The van der Waals surface area contributed by atoms with Gasteiger partial charge >= 0.3 is 0 Å². The average molecular weight is 337 g/mol. The van der Waals surface area contributed by atoms with Gasteiger partial charge in [0.1, 0.15) is 0 Å². The molecule has 0 radical (unpaired) electrons. The van der Waals surface area contributed by atoms with Crippen molar-refractivity contribution in [2.24, 2.45) is 5.41 Å². The molecule has 2 unspecified atom stereocenters. The Hall–Kier alpha value is -1.52. The molecule has 2 aliphatic carbocycles. The van der Waals surface area contributed by atoms with Crippen LogP contribution in [0.15, 0.2) is 30.4 Å². The van der Waals surface area contributed by atoms with E-state index in [1.165, 1.54) is 24.0 Å². The molecule has 0 saturated heterocycles. The lowest BCUT2D eigenvalue weighted by Gasteiger charge is -2.43. The maximum absolute atomic E-state index is 11.5. The minimum Gasteiger partial charge on any atom is -0.385 e. The van der Waals surface area contributed by atoms with Gasteiger partial charge in [-0.2, -0.15) is 0 Å². The van der Waals surface area contributed by atoms with Gasteiger partial charge in [0.05, 0.1) is 5.60 Å². The van der Waals surface area contributed by atoms with E-state index in [1.54, 1.807) is 0 Å². The van der Waals surface area contributed by atoms with Crippen LogP contribution in [0, 0.1) is 17.3 Å². The molecule has 0 saturated carbocycles. The Balaban J connectivity index is 2.07. The van der Waals surface area contributed by atoms with Crippen LogP contribution in [0.3, 0.4) is 0 Å². The molecule has 1 N–H and O–H groups in total. The molecule has 1 aromatic rings. The second-order valence-corrected chi connectivity index (χ2v) is 9.64. The first kappa shape index (κ1) is 18.3. The Morgan fingerprint density at radius 2 is 1.60 bits per heavy atom. The molecule has 0 fully saturated rings. The second-order valence-electron chi connectivity index (χ2n) is 9.64. The van der Waals surface area contributed by atoms with Gasteiger partial charge in [-0.3, -0.25) is 0 Å². The molecule has 0 bridgehead atoms. The van der Waals surface area contributed by atoms with Crippen molar-refractivity contribution in [3.05, 3.63) is 47.0 Å². The van der Waals surface area contributed by atoms with Crippen LogP contribution in [0.4, 0.5) is 0 Å². The predicted octanol–water partition coefficient (Wildman–Crippen LogP) is 5.60. The summed E-state index contributed by atoms with van der Waals surface area (Å²) < 4.78 is 0. The topological polar surface area (TPSA) is 20.2 Å². The number of rotatable bonds is 1. The van der Waals surface area contributed by atoms with Crippen LogP contribution in [-0.2, 0) is 16.4 Å². The van der Waals surface area contributed by atoms with E-state index in [0.29, 0.717) is 12.8 Å². The normalized spacial score (nSPS) is 32.4. The van der Waals surface area contributed by atoms with Crippen molar-refractivity contribution in [3.63, 3.8) is 0 Å². The van der Waals surface area contributed by atoms with Gasteiger partial charge < -0.3 is 5.11 Å². The Bertz CT molecular complexity index is 771. The first-order valence-electron chi connectivity index (χ1n) is 9.51. The molecule has 3 rings (SSSR count). The highest BCUT2D eigenvalue weighted by Crippen LogP contribution is 2.48. The maximum atomic E-state index is 11.5. The Kier molecular flexibility index (Phi) is 4.20. The van der Waals surface area contributed by atoms with Crippen molar-refractivity contribution in [2.45, 2.75) is 83.7 Å². The summed E-state index contributed by atoms with van der Waals surface area (Å²) in [6.45, 7) is 13.3. The fraction of sp³-hybridized carbons (Fsp3) is 0.583. The molecule has 1 aromatic carbocycles. The minimum absolute atomic E-state index is 0.161. The fourth-order valence-corrected chi connectivity index (χ4v) is 4.72. The molecule has 0 heterocycles. The van der Waals surface area contributed by atoms with E-state index in [2.05, 4.69) is 76.8 Å². The zero-order valence-electron chi connectivity index (χ0n) is 16.7. The highest BCUT2D eigenvalue weighted by molar-refractivity contribution is 5.45. The highest BCUT2D eigenvalue weighted by atomic mass is 16.3. The van der Waals surface area contributed by atoms with E-state index in [4.69, 9.17) is 0 Å². The van der Waals surface area contributed by atoms with Crippen molar-refractivity contribution in [3.8, 4) is 11.8 Å². The largest absolute Gasteiger partial charge is 0.385 e. The van der Waals surface area contributed by atoms with Gasteiger partial charge in [-0.1, -0.05) is 64.0 Å². The summed E-state index contributed by atoms with van der Waals surface area (Å²) in [5.74, 6) is 6.31. The summed E-state index contributed by atoms with van der Waals surface area (Å²) in [7, 11) is 0. The summed E-state index contributed by atoms with van der Waals surface area (Å²) >= 11 is 0. The van der Waals surface area contributed by atoms with Gasteiger partial charge in [-0.15, -0.1) is 5.92 Å². The summed E-state index contributed by atoms with van der Waals surface area (Å²) in [6.07, 6.45) is 7.97. The lowest BCUT2D eigenvalue weighted by atomic mass is 9.62. The first-order chi connectivity index (χ1) is 11.5. The second kappa shape index (κ2) is 5.75. The van der Waals surface area contributed by atoms with E-state index < -0.39 is 5.60 Å². The quantitative estimate of drug-likeness (QED) is 0.522. The monoisotopic (exact) mass is 336 g/mol. The van der Waals surface area contributed by atoms with Gasteiger partial charge in [-0.25, -0.2) is 0 Å². The number of fused-ring (bicyclic) bond motifs is 1. The van der Waals surface area contributed by atoms with Crippen molar-refractivity contribution in [1.29, 1.82) is 0 Å². The van der Waals surface area contributed by atoms with Crippen LogP contribution >= 0.6 is 0 Å². The molecule has 25 heavy (non-hydrogen) atoms. The van der Waals surface area contributed by atoms with Gasteiger partial charge in [0.15, 0.2) is 0 Å². The summed E-state index contributed by atoms with van der Waals surface area (Å²) in [4.78, 5) is 0. The number of aliphatic hydroxyl groups is 1. The van der Waals surface area contributed by atoms with Crippen LogP contribution in [0.2, 0.25) is 0 Å². The maximum Gasteiger partial charge on any atom is 0.0948 e. The van der Waals surface area contributed by atoms with Crippen LogP contribution in [-0.4, -0.2) is 5.11 Å². The summed E-state index contributed by atoms with van der Waals surface area (Å²) in [6, 6.07) is 6.71. The van der Waals surface area contributed by atoms with Gasteiger partial charge in [0.2, 0.25) is 0 Å². The van der Waals surface area contributed by atoms with E-state index >= 15 is 0 Å². The SMILES string of the molecule is CC#CC1(C)C=CCC(O)(c2ccc3c(c2)C(C)(C)CCC3(C)C)C1. The molecule has 0 aromatic heterocycles. The van der Waals surface area contributed by atoms with Crippen LogP contribution in [0.25, 0.3) is 0 Å². The average Bonchev–Trinajstić information content (AvgIpc) is 2.51. The fourth-order valence-electron chi connectivity index (χ4n) is 4.72. The number of allylic oxidation sites excluding steroid dienone is 1. The standard InChI is InChI=1S/C24H32O/c1-7-11-23(6)12-8-13-24(25,17-23)18-9-10-19-20(16-18)22(4,5)15-14-21(19,2)3/h8-10,12,16,25H,13-15,17H2,1-6H3. The van der Waals surface area contributed by atoms with E-state index in [1.807, 2.05) is 6.92 Å². The van der Waals surface area contributed by atoms with E-state index in [-0.39, 0.29) is 16.2 Å². The molecule has 1 nitrogen and oxygen atoms in total. The Morgan fingerprint density at radius 1 is 0.960 bits per heavy atom. The van der Waals surface area contributed by atoms with Gasteiger partial charge in [-0.05, 0) is 60.6 Å².